The van der Waals surface area contributed by atoms with Crippen molar-refractivity contribution in [3.63, 3.8) is 0 Å². The minimum atomic E-state index is -0.953. The molecule has 0 aliphatic rings. The fourth-order valence-corrected chi connectivity index (χ4v) is 2.24. The third-order valence-corrected chi connectivity index (χ3v) is 3.14. The molecule has 0 amide bonds. The third-order valence-electron chi connectivity index (χ3n) is 3.14. The Balaban J connectivity index is 2.45. The summed E-state index contributed by atoms with van der Waals surface area (Å²) in [6.45, 7) is 3.45. The molecule has 5 heteroatoms. The number of hydrogen-bond acceptors (Lipinski definition) is 4. The van der Waals surface area contributed by atoms with E-state index in [0.29, 0.717) is 17.4 Å². The van der Waals surface area contributed by atoms with Crippen LogP contribution in [0.4, 0.5) is 5.82 Å². The van der Waals surface area contributed by atoms with E-state index in [1.165, 1.54) is 0 Å². The Morgan fingerprint density at radius 1 is 1.25 bits per heavy atom. The molecule has 0 saturated heterocycles. The molecule has 1 aromatic carbocycles. The standard InChI is InChI=1S/C15H18N2O3/c1-2-8-17(9-10-18)14-7-6-11-12(15(19)20)4-3-5-13(11)16-14/h3-7,18H,2,8-10H2,1H3,(H,19,20). The summed E-state index contributed by atoms with van der Waals surface area (Å²) in [5, 5.41) is 18.9. The number of aromatic nitrogens is 1. The van der Waals surface area contributed by atoms with E-state index in [9.17, 15) is 4.79 Å². The van der Waals surface area contributed by atoms with Gasteiger partial charge in [0.25, 0.3) is 0 Å². The molecule has 1 heterocycles. The zero-order valence-electron chi connectivity index (χ0n) is 11.4. The van der Waals surface area contributed by atoms with Crippen LogP contribution in [0, 0.1) is 0 Å². The lowest BCUT2D eigenvalue weighted by atomic mass is 10.1. The van der Waals surface area contributed by atoms with Gasteiger partial charge in [0, 0.05) is 18.5 Å². The second-order valence-electron chi connectivity index (χ2n) is 4.56. The van der Waals surface area contributed by atoms with Gasteiger partial charge in [0.15, 0.2) is 0 Å². The summed E-state index contributed by atoms with van der Waals surface area (Å²) in [5.74, 6) is -0.193. The number of anilines is 1. The van der Waals surface area contributed by atoms with Crippen LogP contribution in [-0.4, -0.2) is 40.9 Å². The van der Waals surface area contributed by atoms with Crippen molar-refractivity contribution in [2.24, 2.45) is 0 Å². The predicted molar refractivity (Wildman–Crippen MR) is 78.3 cm³/mol. The predicted octanol–water partition coefficient (Wildman–Crippen LogP) is 2.14. The normalized spacial score (nSPS) is 10.7. The van der Waals surface area contributed by atoms with E-state index in [-0.39, 0.29) is 12.2 Å². The van der Waals surface area contributed by atoms with E-state index >= 15 is 0 Å². The fraction of sp³-hybridized carbons (Fsp3) is 0.333. The lowest BCUT2D eigenvalue weighted by molar-refractivity contribution is 0.0699. The second kappa shape index (κ2) is 6.34. The molecular weight excluding hydrogens is 256 g/mol. The van der Waals surface area contributed by atoms with Gasteiger partial charge in [0.05, 0.1) is 17.7 Å². The molecule has 0 aliphatic heterocycles. The summed E-state index contributed by atoms with van der Waals surface area (Å²) in [6, 6.07) is 8.65. The Morgan fingerprint density at radius 3 is 2.70 bits per heavy atom. The fourth-order valence-electron chi connectivity index (χ4n) is 2.24. The molecule has 5 nitrogen and oxygen atoms in total. The Labute approximate surface area is 117 Å². The van der Waals surface area contributed by atoms with E-state index in [1.807, 2.05) is 4.90 Å². The van der Waals surface area contributed by atoms with Crippen LogP contribution in [0.25, 0.3) is 10.9 Å². The first-order valence-corrected chi connectivity index (χ1v) is 6.66. The molecular formula is C15H18N2O3. The van der Waals surface area contributed by atoms with E-state index in [2.05, 4.69) is 11.9 Å². The molecule has 0 bridgehead atoms. The van der Waals surface area contributed by atoms with E-state index in [1.54, 1.807) is 30.3 Å². The number of hydrogen-bond donors (Lipinski definition) is 2. The lowest BCUT2D eigenvalue weighted by Crippen LogP contribution is -2.28. The maximum atomic E-state index is 11.2. The average Bonchev–Trinajstić information content (AvgIpc) is 2.45. The number of aromatic carboxylic acids is 1. The summed E-state index contributed by atoms with van der Waals surface area (Å²) >= 11 is 0. The van der Waals surface area contributed by atoms with Gasteiger partial charge in [0.2, 0.25) is 0 Å². The van der Waals surface area contributed by atoms with Crippen molar-refractivity contribution in [1.29, 1.82) is 0 Å². The minimum Gasteiger partial charge on any atom is -0.478 e. The number of benzene rings is 1. The highest BCUT2D eigenvalue weighted by atomic mass is 16.4. The Kier molecular flexibility index (Phi) is 4.53. The molecule has 20 heavy (non-hydrogen) atoms. The van der Waals surface area contributed by atoms with Gasteiger partial charge >= 0.3 is 5.97 Å². The second-order valence-corrected chi connectivity index (χ2v) is 4.56. The van der Waals surface area contributed by atoms with Gasteiger partial charge in [-0.3, -0.25) is 0 Å². The molecule has 2 aromatic rings. The van der Waals surface area contributed by atoms with Gasteiger partial charge in [-0.2, -0.15) is 0 Å². The number of pyridine rings is 1. The highest BCUT2D eigenvalue weighted by Crippen LogP contribution is 2.21. The molecule has 0 aliphatic carbocycles. The zero-order valence-corrected chi connectivity index (χ0v) is 11.4. The SMILES string of the molecule is CCCN(CCO)c1ccc2c(C(=O)O)cccc2n1. The van der Waals surface area contributed by atoms with E-state index in [0.717, 1.165) is 18.8 Å². The van der Waals surface area contributed by atoms with Crippen molar-refractivity contribution in [2.75, 3.05) is 24.6 Å². The largest absolute Gasteiger partial charge is 0.478 e. The van der Waals surface area contributed by atoms with Gasteiger partial charge in [-0.25, -0.2) is 9.78 Å². The van der Waals surface area contributed by atoms with Crippen LogP contribution >= 0.6 is 0 Å². The zero-order chi connectivity index (χ0) is 14.5. The number of carbonyl (C=O) groups is 1. The van der Waals surface area contributed by atoms with Gasteiger partial charge in [-0.05, 0) is 30.7 Å². The third kappa shape index (κ3) is 2.88. The molecule has 0 radical (unpaired) electrons. The summed E-state index contributed by atoms with van der Waals surface area (Å²) in [6.07, 6.45) is 0.953. The maximum absolute atomic E-state index is 11.2. The number of fused-ring (bicyclic) bond motifs is 1. The van der Waals surface area contributed by atoms with Crippen LogP contribution in [-0.2, 0) is 0 Å². The first-order valence-electron chi connectivity index (χ1n) is 6.66. The van der Waals surface area contributed by atoms with Crippen molar-refractivity contribution >= 4 is 22.7 Å². The smallest absolute Gasteiger partial charge is 0.336 e. The molecule has 0 spiro atoms. The topological polar surface area (TPSA) is 73.7 Å². The van der Waals surface area contributed by atoms with Crippen molar-refractivity contribution < 1.29 is 15.0 Å². The molecule has 2 N–H and O–H groups in total. The molecule has 0 saturated carbocycles. The summed E-state index contributed by atoms with van der Waals surface area (Å²) < 4.78 is 0. The van der Waals surface area contributed by atoms with Crippen molar-refractivity contribution in [3.05, 3.63) is 35.9 Å². The number of carboxylic acid groups (broad SMARTS) is 1. The Bertz CT molecular complexity index is 607. The highest BCUT2D eigenvalue weighted by molar-refractivity contribution is 6.02. The minimum absolute atomic E-state index is 0.0644. The van der Waals surface area contributed by atoms with E-state index in [4.69, 9.17) is 10.2 Å². The van der Waals surface area contributed by atoms with Crippen LogP contribution < -0.4 is 4.90 Å². The quantitative estimate of drug-likeness (QED) is 0.844. The Hall–Kier alpha value is -2.14. The molecule has 2 rings (SSSR count). The first kappa shape index (κ1) is 14.3. The number of aliphatic hydroxyl groups excluding tert-OH is 1. The van der Waals surface area contributed by atoms with Crippen molar-refractivity contribution in [2.45, 2.75) is 13.3 Å². The summed E-state index contributed by atoms with van der Waals surface area (Å²) in [5.41, 5.74) is 0.909. The van der Waals surface area contributed by atoms with Gasteiger partial charge in [0.1, 0.15) is 5.82 Å². The monoisotopic (exact) mass is 274 g/mol. The van der Waals surface area contributed by atoms with Crippen LogP contribution in [0.15, 0.2) is 30.3 Å². The van der Waals surface area contributed by atoms with Gasteiger partial charge in [-0.1, -0.05) is 13.0 Å². The number of carboxylic acids is 1. The van der Waals surface area contributed by atoms with Crippen LogP contribution in [0.5, 0.6) is 0 Å². The van der Waals surface area contributed by atoms with Crippen LogP contribution in [0.1, 0.15) is 23.7 Å². The lowest BCUT2D eigenvalue weighted by Gasteiger charge is -2.22. The number of nitrogens with zero attached hydrogens (tertiary/aromatic N) is 2. The van der Waals surface area contributed by atoms with Crippen LogP contribution in [0.3, 0.4) is 0 Å². The number of rotatable bonds is 6. The Morgan fingerprint density at radius 2 is 2.05 bits per heavy atom. The highest BCUT2D eigenvalue weighted by Gasteiger charge is 2.11. The van der Waals surface area contributed by atoms with Crippen LogP contribution in [0.2, 0.25) is 0 Å². The molecule has 106 valence electrons. The summed E-state index contributed by atoms with van der Waals surface area (Å²) in [4.78, 5) is 17.7. The van der Waals surface area contributed by atoms with Crippen molar-refractivity contribution in [1.82, 2.24) is 4.98 Å². The van der Waals surface area contributed by atoms with E-state index < -0.39 is 5.97 Å². The molecule has 0 atom stereocenters. The molecule has 0 fully saturated rings. The summed E-state index contributed by atoms with van der Waals surface area (Å²) in [7, 11) is 0. The van der Waals surface area contributed by atoms with Crippen molar-refractivity contribution in [3.8, 4) is 0 Å². The first-order chi connectivity index (χ1) is 9.67. The molecule has 0 unspecified atom stereocenters. The van der Waals surface area contributed by atoms with Gasteiger partial charge < -0.3 is 15.1 Å². The average molecular weight is 274 g/mol. The maximum Gasteiger partial charge on any atom is 0.336 e. The molecule has 1 aromatic heterocycles. The number of aliphatic hydroxyl groups is 1. The van der Waals surface area contributed by atoms with Gasteiger partial charge in [-0.15, -0.1) is 0 Å².